The van der Waals surface area contributed by atoms with Gasteiger partial charge in [-0.3, -0.25) is 9.10 Å². The van der Waals surface area contributed by atoms with Gasteiger partial charge in [0.2, 0.25) is 0 Å². The number of amides is 1. The van der Waals surface area contributed by atoms with Crippen LogP contribution in [0.3, 0.4) is 0 Å². The molecule has 3 aromatic rings. The SMILES string of the molecule is CC[C@@H](NC(=O)[C@@H]1CN(S(=O)(=O)c2ccc(OC)cc2)c2cc(Cl)ccc2O1)c1ccc(OC)c(C)c1. The molecule has 0 aliphatic carbocycles. The van der Waals surface area contributed by atoms with Crippen molar-refractivity contribution in [2.75, 3.05) is 25.1 Å². The highest BCUT2D eigenvalue weighted by molar-refractivity contribution is 7.92. The van der Waals surface area contributed by atoms with Gasteiger partial charge >= 0.3 is 0 Å². The normalized spacial score (nSPS) is 15.8. The van der Waals surface area contributed by atoms with E-state index in [1.54, 1.807) is 31.4 Å². The molecule has 1 heterocycles. The number of ether oxygens (including phenoxy) is 3. The summed E-state index contributed by atoms with van der Waals surface area (Å²) in [4.78, 5) is 13.4. The van der Waals surface area contributed by atoms with Gasteiger partial charge in [-0.05, 0) is 73.0 Å². The number of nitrogens with one attached hydrogen (secondary N) is 1. The smallest absolute Gasteiger partial charge is 0.264 e. The molecule has 1 N–H and O–H groups in total. The molecule has 10 heteroatoms. The summed E-state index contributed by atoms with van der Waals surface area (Å²) in [5, 5.41) is 3.37. The quantitative estimate of drug-likeness (QED) is 0.434. The molecule has 0 radical (unpaired) electrons. The Balaban J connectivity index is 1.64. The minimum absolute atomic E-state index is 0.0560. The van der Waals surface area contributed by atoms with Gasteiger partial charge in [-0.25, -0.2) is 8.42 Å². The number of fused-ring (bicyclic) bond motifs is 1. The number of benzene rings is 3. The first kappa shape index (κ1) is 26.6. The van der Waals surface area contributed by atoms with E-state index in [9.17, 15) is 13.2 Å². The van der Waals surface area contributed by atoms with Crippen molar-refractivity contribution in [3.05, 3.63) is 76.8 Å². The summed E-state index contributed by atoms with van der Waals surface area (Å²) < 4.78 is 45.0. The van der Waals surface area contributed by atoms with Crippen molar-refractivity contribution < 1.29 is 27.4 Å². The van der Waals surface area contributed by atoms with Crippen molar-refractivity contribution in [2.24, 2.45) is 0 Å². The summed E-state index contributed by atoms with van der Waals surface area (Å²) in [6.45, 7) is 3.68. The number of sulfonamides is 1. The Morgan fingerprint density at radius 3 is 2.46 bits per heavy atom. The lowest BCUT2D eigenvalue weighted by molar-refractivity contribution is -0.128. The van der Waals surface area contributed by atoms with Gasteiger partial charge < -0.3 is 19.5 Å². The van der Waals surface area contributed by atoms with Crippen molar-refractivity contribution in [3.8, 4) is 17.2 Å². The second-order valence-corrected chi connectivity index (χ2v) is 10.9. The number of anilines is 1. The van der Waals surface area contributed by atoms with Crippen LogP contribution in [0.2, 0.25) is 5.02 Å². The lowest BCUT2D eigenvalue weighted by Gasteiger charge is -2.35. The van der Waals surface area contributed by atoms with Crippen molar-refractivity contribution in [2.45, 2.75) is 37.3 Å². The fourth-order valence-corrected chi connectivity index (χ4v) is 5.90. The molecule has 196 valence electrons. The molecule has 0 spiro atoms. The van der Waals surface area contributed by atoms with Gasteiger partial charge in [-0.2, -0.15) is 0 Å². The van der Waals surface area contributed by atoms with Gasteiger partial charge in [-0.1, -0.05) is 30.7 Å². The number of aryl methyl sites for hydroxylation is 1. The highest BCUT2D eigenvalue weighted by atomic mass is 35.5. The van der Waals surface area contributed by atoms with Crippen LogP contribution in [0.1, 0.15) is 30.5 Å². The third-order valence-corrected chi connectivity index (χ3v) is 8.31. The Bertz CT molecular complexity index is 1390. The average Bonchev–Trinajstić information content (AvgIpc) is 2.90. The largest absolute Gasteiger partial charge is 0.497 e. The molecule has 0 saturated carbocycles. The van der Waals surface area contributed by atoms with E-state index in [1.807, 2.05) is 32.0 Å². The third kappa shape index (κ3) is 5.47. The van der Waals surface area contributed by atoms with E-state index < -0.39 is 22.0 Å². The van der Waals surface area contributed by atoms with Gasteiger partial charge in [0.1, 0.15) is 17.2 Å². The third-order valence-electron chi connectivity index (χ3n) is 6.28. The van der Waals surface area contributed by atoms with Crippen LogP contribution in [0.4, 0.5) is 5.69 Å². The molecule has 0 fully saturated rings. The monoisotopic (exact) mass is 544 g/mol. The van der Waals surface area contributed by atoms with E-state index >= 15 is 0 Å². The molecule has 3 aromatic carbocycles. The molecule has 1 amide bonds. The molecule has 0 aromatic heterocycles. The Morgan fingerprint density at radius 1 is 1.11 bits per heavy atom. The standard InChI is InChI=1S/C27H29ClN2O6S/c1-5-22(18-6-12-24(35-4)17(2)14-18)29-27(31)26-16-30(23-15-19(28)7-13-25(23)36-26)37(32,33)21-10-8-20(34-3)9-11-21/h6-15,22,26H,5,16H2,1-4H3,(H,29,31)/t22-,26+/m1/s1. The molecule has 8 nitrogen and oxygen atoms in total. The Morgan fingerprint density at radius 2 is 1.84 bits per heavy atom. The summed E-state index contributed by atoms with van der Waals surface area (Å²) in [6, 6.07) is 16.2. The molecular weight excluding hydrogens is 516 g/mol. The van der Waals surface area contributed by atoms with Crippen LogP contribution < -0.4 is 23.8 Å². The lowest BCUT2D eigenvalue weighted by atomic mass is 10.0. The van der Waals surface area contributed by atoms with E-state index in [4.69, 9.17) is 25.8 Å². The number of nitrogens with zero attached hydrogens (tertiary/aromatic N) is 1. The molecule has 0 saturated heterocycles. The second-order valence-electron chi connectivity index (χ2n) is 8.63. The first-order valence-corrected chi connectivity index (χ1v) is 13.6. The highest BCUT2D eigenvalue weighted by Gasteiger charge is 2.38. The molecular formula is C27H29ClN2O6S. The van der Waals surface area contributed by atoms with Crippen LogP contribution in [-0.2, 0) is 14.8 Å². The second kappa shape index (κ2) is 10.9. The topological polar surface area (TPSA) is 94.2 Å². The molecule has 1 aliphatic heterocycles. The van der Waals surface area contributed by atoms with Crippen LogP contribution in [-0.4, -0.2) is 41.2 Å². The van der Waals surface area contributed by atoms with E-state index in [2.05, 4.69) is 5.32 Å². The number of halogens is 1. The van der Waals surface area contributed by atoms with Crippen LogP contribution in [0.5, 0.6) is 17.2 Å². The molecule has 1 aliphatic rings. The van der Waals surface area contributed by atoms with E-state index in [1.165, 1.54) is 29.6 Å². The molecule has 4 rings (SSSR count). The van der Waals surface area contributed by atoms with E-state index in [0.29, 0.717) is 17.2 Å². The zero-order valence-corrected chi connectivity index (χ0v) is 22.6. The molecule has 0 unspecified atom stereocenters. The van der Waals surface area contributed by atoms with Crippen molar-refractivity contribution in [3.63, 3.8) is 0 Å². The number of hydrogen-bond acceptors (Lipinski definition) is 6. The maximum atomic E-state index is 13.7. The van der Waals surface area contributed by atoms with E-state index in [0.717, 1.165) is 16.9 Å². The van der Waals surface area contributed by atoms with Gasteiger partial charge in [0.25, 0.3) is 15.9 Å². The highest BCUT2D eigenvalue weighted by Crippen LogP contribution is 2.39. The van der Waals surface area contributed by atoms with Crippen LogP contribution in [0.15, 0.2) is 65.6 Å². The average molecular weight is 545 g/mol. The number of carbonyl (C=O) groups excluding carboxylic acids is 1. The van der Waals surface area contributed by atoms with Crippen molar-refractivity contribution >= 4 is 33.2 Å². The van der Waals surface area contributed by atoms with Gasteiger partial charge in [-0.15, -0.1) is 0 Å². The molecule has 37 heavy (non-hydrogen) atoms. The minimum atomic E-state index is -4.04. The summed E-state index contributed by atoms with van der Waals surface area (Å²) in [6.07, 6.45) is -0.445. The Labute approximate surface area is 222 Å². The summed E-state index contributed by atoms with van der Waals surface area (Å²) in [5.74, 6) is 1.12. The first-order chi connectivity index (χ1) is 17.7. The maximum absolute atomic E-state index is 13.7. The van der Waals surface area contributed by atoms with Crippen molar-refractivity contribution in [1.82, 2.24) is 5.32 Å². The van der Waals surface area contributed by atoms with Gasteiger partial charge in [0, 0.05) is 5.02 Å². The van der Waals surface area contributed by atoms with Gasteiger partial charge in [0.05, 0.1) is 37.4 Å². The number of hydrogen-bond donors (Lipinski definition) is 1. The zero-order chi connectivity index (χ0) is 26.7. The predicted molar refractivity (Wildman–Crippen MR) is 142 cm³/mol. The fourth-order valence-electron chi connectivity index (χ4n) is 4.27. The van der Waals surface area contributed by atoms with Crippen LogP contribution >= 0.6 is 11.6 Å². The number of carbonyl (C=O) groups is 1. The molecule has 2 atom stereocenters. The number of rotatable bonds is 8. The predicted octanol–water partition coefficient (Wildman–Crippen LogP) is 4.89. The molecule has 0 bridgehead atoms. The van der Waals surface area contributed by atoms with Crippen molar-refractivity contribution in [1.29, 1.82) is 0 Å². The minimum Gasteiger partial charge on any atom is -0.497 e. The van der Waals surface area contributed by atoms with E-state index in [-0.39, 0.29) is 28.9 Å². The van der Waals surface area contributed by atoms with Crippen LogP contribution in [0, 0.1) is 6.92 Å². The Kier molecular flexibility index (Phi) is 7.85. The number of methoxy groups -OCH3 is 2. The summed E-state index contributed by atoms with van der Waals surface area (Å²) in [7, 11) is -0.925. The maximum Gasteiger partial charge on any atom is 0.264 e. The first-order valence-electron chi connectivity index (χ1n) is 11.8. The summed E-state index contributed by atoms with van der Waals surface area (Å²) in [5.41, 5.74) is 2.13. The van der Waals surface area contributed by atoms with Crippen LogP contribution in [0.25, 0.3) is 0 Å². The van der Waals surface area contributed by atoms with Gasteiger partial charge in [0.15, 0.2) is 6.10 Å². The zero-order valence-electron chi connectivity index (χ0n) is 21.0. The summed E-state index contributed by atoms with van der Waals surface area (Å²) >= 11 is 6.18. The lowest BCUT2D eigenvalue weighted by Crippen LogP contribution is -2.51. The fraction of sp³-hybridized carbons (Fsp3) is 0.296. The Hall–Kier alpha value is -3.43.